The molecule has 1 aliphatic heterocycles. The lowest BCUT2D eigenvalue weighted by Crippen LogP contribution is -2.34. The number of furan rings is 1. The second-order valence-corrected chi connectivity index (χ2v) is 6.83. The molecule has 0 bridgehead atoms. The number of anilines is 1. The second kappa shape index (κ2) is 9.31. The van der Waals surface area contributed by atoms with E-state index in [1.165, 1.54) is 19.3 Å². The zero-order valence-electron chi connectivity index (χ0n) is 16.6. The van der Waals surface area contributed by atoms with Crippen LogP contribution in [0.2, 0.25) is 5.02 Å². The largest absolute Gasteiger partial charge is 0.505 e. The summed E-state index contributed by atoms with van der Waals surface area (Å²) < 4.78 is 10.2. The van der Waals surface area contributed by atoms with Crippen LogP contribution in [0.4, 0.5) is 5.69 Å². The summed E-state index contributed by atoms with van der Waals surface area (Å²) in [6, 6.07) is 9.59. The Hall–Kier alpha value is -3.85. The minimum absolute atomic E-state index is 0.0153. The number of nitrogens with zero attached hydrogens (tertiary/aromatic N) is 1. The Morgan fingerprint density at radius 1 is 1.23 bits per heavy atom. The number of esters is 1. The number of amides is 2. The van der Waals surface area contributed by atoms with E-state index in [0.29, 0.717) is 27.9 Å². The molecular formula is C21H18ClN3O6. The Balaban J connectivity index is 1.61. The van der Waals surface area contributed by atoms with Crippen molar-refractivity contribution >= 4 is 46.9 Å². The van der Waals surface area contributed by atoms with Crippen molar-refractivity contribution in [1.82, 2.24) is 5.32 Å². The van der Waals surface area contributed by atoms with Crippen LogP contribution >= 0.6 is 11.6 Å². The van der Waals surface area contributed by atoms with Crippen LogP contribution in [0.5, 0.6) is 0 Å². The number of nitrogens with one attached hydrogen (secondary N) is 2. The average Bonchev–Trinajstić information content (AvgIpc) is 3.29. The van der Waals surface area contributed by atoms with Crippen LogP contribution in [0, 0.1) is 0 Å². The maximum Gasteiger partial charge on any atom is 0.343 e. The molecule has 9 nitrogen and oxygen atoms in total. The Kier molecular flexibility index (Phi) is 6.56. The van der Waals surface area contributed by atoms with Gasteiger partial charge >= 0.3 is 17.8 Å². The quantitative estimate of drug-likeness (QED) is 0.481. The van der Waals surface area contributed by atoms with Gasteiger partial charge in [-0.2, -0.15) is 0 Å². The van der Waals surface area contributed by atoms with E-state index in [0.717, 1.165) is 0 Å². The van der Waals surface area contributed by atoms with Crippen molar-refractivity contribution in [3.8, 4) is 0 Å². The van der Waals surface area contributed by atoms with Gasteiger partial charge in [0.05, 0.1) is 19.4 Å². The van der Waals surface area contributed by atoms with Crippen molar-refractivity contribution in [3.05, 3.63) is 70.0 Å². The first-order valence-electron chi connectivity index (χ1n) is 9.01. The van der Waals surface area contributed by atoms with Gasteiger partial charge < -0.3 is 24.9 Å². The molecule has 31 heavy (non-hydrogen) atoms. The van der Waals surface area contributed by atoms with Crippen molar-refractivity contribution in [2.75, 3.05) is 12.4 Å². The van der Waals surface area contributed by atoms with Crippen molar-refractivity contribution in [2.45, 2.75) is 13.5 Å². The highest BCUT2D eigenvalue weighted by Crippen LogP contribution is 2.26. The van der Waals surface area contributed by atoms with Gasteiger partial charge in [0.25, 0.3) is 0 Å². The molecule has 1 aromatic carbocycles. The normalized spacial score (nSPS) is 14.4. The van der Waals surface area contributed by atoms with Gasteiger partial charge in [-0.05, 0) is 37.3 Å². The summed E-state index contributed by atoms with van der Waals surface area (Å²) >= 11 is 5.84. The summed E-state index contributed by atoms with van der Waals surface area (Å²) in [5.74, 6) is -2.01. The number of hydrogen-bond acceptors (Lipinski definition) is 7. The van der Waals surface area contributed by atoms with Crippen LogP contribution in [-0.2, 0) is 25.7 Å². The molecule has 1 aromatic heterocycles. The SMILES string of the molecule is COC(=O)C1=C(O)/C(=C\c2ccc(CNC(=O)C(=O)Nc3cccc(Cl)c3)o2)N=C1C. The van der Waals surface area contributed by atoms with E-state index < -0.39 is 17.8 Å². The minimum Gasteiger partial charge on any atom is -0.505 e. The summed E-state index contributed by atoms with van der Waals surface area (Å²) in [5, 5.41) is 15.5. The molecule has 0 saturated carbocycles. The molecule has 2 heterocycles. The summed E-state index contributed by atoms with van der Waals surface area (Å²) in [6.45, 7) is 1.53. The molecule has 2 amide bonds. The number of rotatable bonds is 5. The fraction of sp³-hybridized carbons (Fsp3) is 0.143. The lowest BCUT2D eigenvalue weighted by Gasteiger charge is -2.05. The van der Waals surface area contributed by atoms with Gasteiger partial charge in [0.2, 0.25) is 0 Å². The number of methoxy groups -OCH3 is 1. The second-order valence-electron chi connectivity index (χ2n) is 6.39. The van der Waals surface area contributed by atoms with Crippen LogP contribution in [-0.4, -0.2) is 35.7 Å². The van der Waals surface area contributed by atoms with E-state index >= 15 is 0 Å². The molecule has 160 valence electrons. The maximum absolute atomic E-state index is 12.0. The minimum atomic E-state index is -0.851. The van der Waals surface area contributed by atoms with Crippen LogP contribution in [0.25, 0.3) is 6.08 Å². The summed E-state index contributed by atoms with van der Waals surface area (Å²) in [7, 11) is 1.21. The molecule has 0 spiro atoms. The van der Waals surface area contributed by atoms with E-state index in [-0.39, 0.29) is 23.6 Å². The smallest absolute Gasteiger partial charge is 0.343 e. The molecule has 0 saturated heterocycles. The first-order chi connectivity index (χ1) is 14.8. The zero-order chi connectivity index (χ0) is 22.5. The number of carbonyl (C=O) groups excluding carboxylic acids is 3. The molecule has 0 aliphatic carbocycles. The standard InChI is InChI=1S/C21H18ClN3O6/c1-11-17(21(29)30-2)18(26)16(24-11)9-14-6-7-15(31-14)10-23-19(27)20(28)25-13-5-3-4-12(22)8-13/h3-9,26H,10H2,1-2H3,(H,23,27)(H,25,28)/b16-9+. The predicted octanol–water partition coefficient (Wildman–Crippen LogP) is 2.99. The van der Waals surface area contributed by atoms with Gasteiger partial charge in [0.15, 0.2) is 5.76 Å². The molecule has 0 fully saturated rings. The highest BCUT2D eigenvalue weighted by molar-refractivity contribution is 6.39. The van der Waals surface area contributed by atoms with Gasteiger partial charge in [0.1, 0.15) is 22.8 Å². The molecule has 0 radical (unpaired) electrons. The van der Waals surface area contributed by atoms with Gasteiger partial charge in [-0.3, -0.25) is 9.59 Å². The number of carbonyl (C=O) groups is 3. The average molecular weight is 444 g/mol. The number of benzene rings is 1. The van der Waals surface area contributed by atoms with Gasteiger partial charge in [-0.1, -0.05) is 17.7 Å². The van der Waals surface area contributed by atoms with Crippen LogP contribution in [0.3, 0.4) is 0 Å². The van der Waals surface area contributed by atoms with Crippen molar-refractivity contribution in [2.24, 2.45) is 4.99 Å². The third-order valence-corrected chi connectivity index (χ3v) is 4.43. The highest BCUT2D eigenvalue weighted by atomic mass is 35.5. The third kappa shape index (κ3) is 5.20. The first-order valence-corrected chi connectivity index (χ1v) is 9.39. The lowest BCUT2D eigenvalue weighted by molar-refractivity contribution is -0.136. The van der Waals surface area contributed by atoms with Crippen LogP contribution < -0.4 is 10.6 Å². The summed E-state index contributed by atoms with van der Waals surface area (Å²) in [5.41, 5.74) is 0.841. The zero-order valence-corrected chi connectivity index (χ0v) is 17.3. The fourth-order valence-electron chi connectivity index (χ4n) is 2.74. The molecular weight excluding hydrogens is 426 g/mol. The molecule has 3 rings (SSSR count). The van der Waals surface area contributed by atoms with E-state index in [1.54, 1.807) is 37.3 Å². The molecule has 2 aromatic rings. The van der Waals surface area contributed by atoms with E-state index in [2.05, 4.69) is 20.4 Å². The maximum atomic E-state index is 12.0. The Labute approximate surface area is 182 Å². The Bertz CT molecular complexity index is 1150. The van der Waals surface area contributed by atoms with E-state index in [4.69, 9.17) is 16.0 Å². The summed E-state index contributed by atoms with van der Waals surface area (Å²) in [4.78, 5) is 39.8. The monoisotopic (exact) mass is 443 g/mol. The molecule has 0 atom stereocenters. The fourth-order valence-corrected chi connectivity index (χ4v) is 2.93. The third-order valence-electron chi connectivity index (χ3n) is 4.19. The van der Waals surface area contributed by atoms with Crippen molar-refractivity contribution in [3.63, 3.8) is 0 Å². The van der Waals surface area contributed by atoms with Crippen molar-refractivity contribution < 1.29 is 28.6 Å². The number of aliphatic imine (C=N–C) groups is 1. The van der Waals surface area contributed by atoms with E-state index in [1.807, 2.05) is 0 Å². The lowest BCUT2D eigenvalue weighted by atomic mass is 10.1. The van der Waals surface area contributed by atoms with E-state index in [9.17, 15) is 19.5 Å². The summed E-state index contributed by atoms with van der Waals surface area (Å²) in [6.07, 6.45) is 1.44. The van der Waals surface area contributed by atoms with Gasteiger partial charge in [-0.15, -0.1) is 0 Å². The number of hydrogen-bond donors (Lipinski definition) is 3. The van der Waals surface area contributed by atoms with Gasteiger partial charge in [0, 0.05) is 16.8 Å². The predicted molar refractivity (Wildman–Crippen MR) is 113 cm³/mol. The van der Waals surface area contributed by atoms with Gasteiger partial charge in [-0.25, -0.2) is 9.79 Å². The highest BCUT2D eigenvalue weighted by Gasteiger charge is 2.27. The Morgan fingerprint density at radius 3 is 2.71 bits per heavy atom. The molecule has 1 aliphatic rings. The molecule has 0 unspecified atom stereocenters. The van der Waals surface area contributed by atoms with Crippen LogP contribution in [0.1, 0.15) is 18.4 Å². The number of ether oxygens (including phenoxy) is 1. The number of halogens is 1. The number of aliphatic hydroxyl groups excluding tert-OH is 1. The number of aliphatic hydroxyl groups is 1. The van der Waals surface area contributed by atoms with Crippen LogP contribution in [0.15, 0.2) is 62.8 Å². The first kappa shape index (κ1) is 21.8. The molecule has 3 N–H and O–H groups in total. The topological polar surface area (TPSA) is 130 Å². The Morgan fingerprint density at radius 2 is 2.00 bits per heavy atom. The van der Waals surface area contributed by atoms with Crippen molar-refractivity contribution in [1.29, 1.82) is 0 Å². The molecule has 10 heteroatoms.